The molecule has 0 saturated carbocycles. The number of nitrogens with one attached hydrogen (secondary N) is 1. The molecule has 0 aliphatic heterocycles. The van der Waals surface area contributed by atoms with Gasteiger partial charge in [-0.05, 0) is 19.5 Å². The van der Waals surface area contributed by atoms with Crippen LogP contribution in [0.2, 0.25) is 0 Å². The second-order valence-corrected chi connectivity index (χ2v) is 4.78. The lowest BCUT2D eigenvalue weighted by Crippen LogP contribution is -2.07. The number of hydrogen-bond acceptors (Lipinski definition) is 2. The SMILES string of the molecule is CCCCCCn1nc(CNC)c2ccccc21. The first kappa shape index (κ1) is 13.1. The summed E-state index contributed by atoms with van der Waals surface area (Å²) in [4.78, 5) is 0. The lowest BCUT2D eigenvalue weighted by atomic mass is 10.2. The molecule has 0 bridgehead atoms. The molecule has 98 valence electrons. The number of benzene rings is 1. The Morgan fingerprint density at radius 1 is 1.17 bits per heavy atom. The molecule has 0 fully saturated rings. The van der Waals surface area contributed by atoms with E-state index in [1.165, 1.54) is 36.6 Å². The molecule has 0 amide bonds. The predicted molar refractivity (Wildman–Crippen MR) is 76.6 cm³/mol. The fourth-order valence-electron chi connectivity index (χ4n) is 2.35. The predicted octanol–water partition coefficient (Wildman–Crippen LogP) is 3.34. The highest BCUT2D eigenvalue weighted by Gasteiger charge is 2.08. The summed E-state index contributed by atoms with van der Waals surface area (Å²) in [5, 5.41) is 9.20. The first-order valence-corrected chi connectivity index (χ1v) is 6.96. The molecule has 0 spiro atoms. The van der Waals surface area contributed by atoms with E-state index in [4.69, 9.17) is 5.10 Å². The van der Waals surface area contributed by atoms with Gasteiger partial charge >= 0.3 is 0 Å². The molecule has 3 nitrogen and oxygen atoms in total. The van der Waals surface area contributed by atoms with Gasteiger partial charge in [-0.15, -0.1) is 0 Å². The number of rotatable bonds is 7. The van der Waals surface area contributed by atoms with Crippen molar-refractivity contribution in [3.63, 3.8) is 0 Å². The molecule has 0 radical (unpaired) electrons. The van der Waals surface area contributed by atoms with E-state index in [-0.39, 0.29) is 0 Å². The summed E-state index contributed by atoms with van der Waals surface area (Å²) in [6.45, 7) is 4.11. The first-order valence-electron chi connectivity index (χ1n) is 6.96. The number of hydrogen-bond donors (Lipinski definition) is 1. The quantitative estimate of drug-likeness (QED) is 0.758. The van der Waals surface area contributed by atoms with Crippen LogP contribution in [0.1, 0.15) is 38.3 Å². The molecule has 0 saturated heterocycles. The van der Waals surface area contributed by atoms with Gasteiger partial charge in [-0.25, -0.2) is 0 Å². The minimum Gasteiger partial charge on any atom is -0.314 e. The Kier molecular flexibility index (Phi) is 4.76. The number of aryl methyl sites for hydroxylation is 1. The summed E-state index contributed by atoms with van der Waals surface area (Å²) in [6.07, 6.45) is 5.12. The number of fused-ring (bicyclic) bond motifs is 1. The van der Waals surface area contributed by atoms with Gasteiger partial charge in [0.05, 0.1) is 11.2 Å². The second kappa shape index (κ2) is 6.55. The molecule has 0 atom stereocenters. The zero-order valence-corrected chi connectivity index (χ0v) is 11.4. The molecule has 2 aromatic rings. The minimum absolute atomic E-state index is 0.836. The largest absolute Gasteiger partial charge is 0.314 e. The highest BCUT2D eigenvalue weighted by Crippen LogP contribution is 2.19. The van der Waals surface area contributed by atoms with Crippen molar-refractivity contribution in [1.29, 1.82) is 0 Å². The zero-order chi connectivity index (χ0) is 12.8. The van der Waals surface area contributed by atoms with Crippen LogP contribution in [0.15, 0.2) is 24.3 Å². The topological polar surface area (TPSA) is 29.9 Å². The number of unbranched alkanes of at least 4 members (excludes halogenated alkanes) is 3. The van der Waals surface area contributed by atoms with Crippen molar-refractivity contribution in [2.75, 3.05) is 7.05 Å². The van der Waals surface area contributed by atoms with Crippen LogP contribution in [0.3, 0.4) is 0 Å². The van der Waals surface area contributed by atoms with Gasteiger partial charge in [-0.2, -0.15) is 5.10 Å². The van der Waals surface area contributed by atoms with Gasteiger partial charge in [-0.1, -0.05) is 44.4 Å². The summed E-state index contributed by atoms with van der Waals surface area (Å²) in [7, 11) is 1.97. The minimum atomic E-state index is 0.836. The Bertz CT molecular complexity index is 487. The van der Waals surface area contributed by atoms with Gasteiger partial charge in [0, 0.05) is 18.5 Å². The summed E-state index contributed by atoms with van der Waals surface area (Å²) in [5.41, 5.74) is 2.42. The van der Waals surface area contributed by atoms with Crippen molar-refractivity contribution in [1.82, 2.24) is 15.1 Å². The monoisotopic (exact) mass is 245 g/mol. The van der Waals surface area contributed by atoms with Gasteiger partial charge in [0.25, 0.3) is 0 Å². The Morgan fingerprint density at radius 3 is 2.78 bits per heavy atom. The lowest BCUT2D eigenvalue weighted by molar-refractivity contribution is 0.547. The van der Waals surface area contributed by atoms with Crippen LogP contribution in [0.4, 0.5) is 0 Å². The van der Waals surface area contributed by atoms with Crippen molar-refractivity contribution in [2.45, 2.75) is 45.7 Å². The van der Waals surface area contributed by atoms with E-state index in [9.17, 15) is 0 Å². The van der Waals surface area contributed by atoms with Crippen molar-refractivity contribution >= 4 is 10.9 Å². The zero-order valence-electron chi connectivity index (χ0n) is 11.4. The Morgan fingerprint density at radius 2 is 2.00 bits per heavy atom. The normalized spacial score (nSPS) is 11.2. The number of para-hydroxylation sites is 1. The maximum atomic E-state index is 4.73. The van der Waals surface area contributed by atoms with Gasteiger partial charge < -0.3 is 5.32 Å². The summed E-state index contributed by atoms with van der Waals surface area (Å²) >= 11 is 0. The highest BCUT2D eigenvalue weighted by molar-refractivity contribution is 5.81. The van der Waals surface area contributed by atoms with Crippen molar-refractivity contribution in [2.24, 2.45) is 0 Å². The summed E-state index contributed by atoms with van der Waals surface area (Å²) in [6, 6.07) is 8.51. The summed E-state index contributed by atoms with van der Waals surface area (Å²) in [5.74, 6) is 0. The first-order chi connectivity index (χ1) is 8.86. The number of aromatic nitrogens is 2. The lowest BCUT2D eigenvalue weighted by Gasteiger charge is -2.02. The smallest absolute Gasteiger partial charge is 0.0841 e. The van der Waals surface area contributed by atoms with E-state index in [0.717, 1.165) is 18.8 Å². The molecular formula is C15H23N3. The van der Waals surface area contributed by atoms with Crippen LogP contribution >= 0.6 is 0 Å². The maximum Gasteiger partial charge on any atom is 0.0841 e. The second-order valence-electron chi connectivity index (χ2n) is 4.78. The third-order valence-corrected chi connectivity index (χ3v) is 3.30. The molecule has 0 unspecified atom stereocenters. The Balaban J connectivity index is 2.16. The average molecular weight is 245 g/mol. The molecule has 2 rings (SSSR count). The molecule has 1 heterocycles. The third kappa shape index (κ3) is 2.91. The molecule has 0 aliphatic rings. The van der Waals surface area contributed by atoms with Crippen LogP contribution in [-0.4, -0.2) is 16.8 Å². The van der Waals surface area contributed by atoms with E-state index in [0.29, 0.717) is 0 Å². The molecule has 1 aromatic carbocycles. The molecule has 0 aliphatic carbocycles. The van der Waals surface area contributed by atoms with Gasteiger partial charge in [0.15, 0.2) is 0 Å². The van der Waals surface area contributed by atoms with E-state index in [1.807, 2.05) is 7.05 Å². The Hall–Kier alpha value is -1.35. The van der Waals surface area contributed by atoms with Crippen molar-refractivity contribution in [3.8, 4) is 0 Å². The highest BCUT2D eigenvalue weighted by atomic mass is 15.3. The van der Waals surface area contributed by atoms with Crippen LogP contribution in [0.25, 0.3) is 10.9 Å². The van der Waals surface area contributed by atoms with Crippen molar-refractivity contribution in [3.05, 3.63) is 30.0 Å². The molecule has 18 heavy (non-hydrogen) atoms. The van der Waals surface area contributed by atoms with Crippen molar-refractivity contribution < 1.29 is 0 Å². The molecule has 3 heteroatoms. The molecule has 1 aromatic heterocycles. The van der Waals surface area contributed by atoms with Gasteiger partial charge in [0.2, 0.25) is 0 Å². The van der Waals surface area contributed by atoms with E-state index >= 15 is 0 Å². The standard InChI is InChI=1S/C15H23N3/c1-3-4-5-8-11-18-15-10-7-6-9-13(15)14(17-18)12-16-2/h6-7,9-10,16H,3-5,8,11-12H2,1-2H3. The van der Waals surface area contributed by atoms with E-state index in [1.54, 1.807) is 0 Å². The van der Waals surface area contributed by atoms with E-state index in [2.05, 4.69) is 41.2 Å². The fraction of sp³-hybridized carbons (Fsp3) is 0.533. The fourth-order valence-corrected chi connectivity index (χ4v) is 2.35. The van der Waals surface area contributed by atoms with Crippen LogP contribution in [0.5, 0.6) is 0 Å². The number of nitrogens with zero attached hydrogens (tertiary/aromatic N) is 2. The Labute approximate surface area is 109 Å². The molecule has 1 N–H and O–H groups in total. The van der Waals surface area contributed by atoms with Gasteiger partial charge in [0.1, 0.15) is 0 Å². The average Bonchev–Trinajstić information content (AvgIpc) is 2.74. The van der Waals surface area contributed by atoms with Crippen LogP contribution in [0, 0.1) is 0 Å². The third-order valence-electron chi connectivity index (χ3n) is 3.30. The molecular weight excluding hydrogens is 222 g/mol. The van der Waals surface area contributed by atoms with Gasteiger partial charge in [-0.3, -0.25) is 4.68 Å². The maximum absolute atomic E-state index is 4.73. The summed E-state index contributed by atoms with van der Waals surface area (Å²) < 4.78 is 2.16. The van der Waals surface area contributed by atoms with Crippen LogP contribution in [-0.2, 0) is 13.1 Å². The van der Waals surface area contributed by atoms with Crippen LogP contribution < -0.4 is 5.32 Å². The van der Waals surface area contributed by atoms with E-state index < -0.39 is 0 Å².